The summed E-state index contributed by atoms with van der Waals surface area (Å²) in [5.74, 6) is 0.332. The van der Waals surface area contributed by atoms with Crippen LogP contribution in [0.4, 0.5) is 19.1 Å². The van der Waals surface area contributed by atoms with Crippen molar-refractivity contribution in [3.63, 3.8) is 0 Å². The molecule has 2 aromatic rings. The zero-order chi connectivity index (χ0) is 15.5. The standard InChI is InChI=1S/C15H18F3N3/c1-2-3-4-8-21-10-13(20-14(21)19)11-6-5-7-12(9-11)15(16,17)18/h5-7,9-10H,2-4,8H2,1H3,(H2,19,20). The molecule has 0 fully saturated rings. The summed E-state index contributed by atoms with van der Waals surface area (Å²) in [7, 11) is 0. The average molecular weight is 297 g/mol. The third-order valence-corrected chi connectivity index (χ3v) is 3.30. The van der Waals surface area contributed by atoms with Gasteiger partial charge in [-0.2, -0.15) is 13.2 Å². The molecule has 0 aliphatic carbocycles. The minimum atomic E-state index is -4.36. The molecule has 0 aliphatic heterocycles. The Hall–Kier alpha value is -1.98. The second kappa shape index (κ2) is 6.20. The summed E-state index contributed by atoms with van der Waals surface area (Å²) in [5.41, 5.74) is 6.02. The SMILES string of the molecule is CCCCCn1cc(-c2cccc(C(F)(F)F)c2)nc1N. The number of nitrogens with zero attached hydrogens (tertiary/aromatic N) is 2. The lowest BCUT2D eigenvalue weighted by atomic mass is 10.1. The summed E-state index contributed by atoms with van der Waals surface area (Å²) >= 11 is 0. The number of hydrogen-bond donors (Lipinski definition) is 1. The van der Waals surface area contributed by atoms with E-state index in [1.165, 1.54) is 6.07 Å². The highest BCUT2D eigenvalue weighted by Crippen LogP contribution is 2.32. The Morgan fingerprint density at radius 2 is 2.00 bits per heavy atom. The van der Waals surface area contributed by atoms with Crippen LogP contribution < -0.4 is 5.73 Å². The second-order valence-corrected chi connectivity index (χ2v) is 4.96. The minimum absolute atomic E-state index is 0.332. The maximum atomic E-state index is 12.7. The maximum Gasteiger partial charge on any atom is 0.416 e. The number of benzene rings is 1. The van der Waals surface area contributed by atoms with Gasteiger partial charge in [0.25, 0.3) is 0 Å². The molecule has 21 heavy (non-hydrogen) atoms. The van der Waals surface area contributed by atoms with Crippen molar-refractivity contribution in [1.29, 1.82) is 0 Å². The summed E-state index contributed by atoms with van der Waals surface area (Å²) in [6.07, 6.45) is 0.496. The molecule has 2 N–H and O–H groups in total. The van der Waals surface area contributed by atoms with E-state index in [2.05, 4.69) is 11.9 Å². The number of anilines is 1. The van der Waals surface area contributed by atoms with Crippen LogP contribution in [-0.4, -0.2) is 9.55 Å². The van der Waals surface area contributed by atoms with Crippen molar-refractivity contribution in [3.8, 4) is 11.3 Å². The van der Waals surface area contributed by atoms with Gasteiger partial charge in [-0.1, -0.05) is 31.9 Å². The fraction of sp³-hybridized carbons (Fsp3) is 0.400. The number of imidazole rings is 1. The fourth-order valence-corrected chi connectivity index (χ4v) is 2.14. The van der Waals surface area contributed by atoms with Crippen LogP contribution in [0.5, 0.6) is 0 Å². The first-order chi connectivity index (χ1) is 9.91. The van der Waals surface area contributed by atoms with Gasteiger partial charge in [0.2, 0.25) is 5.95 Å². The van der Waals surface area contributed by atoms with Gasteiger partial charge in [-0.05, 0) is 18.6 Å². The molecular weight excluding hydrogens is 279 g/mol. The molecule has 6 heteroatoms. The molecule has 0 saturated carbocycles. The highest BCUT2D eigenvalue weighted by Gasteiger charge is 2.30. The van der Waals surface area contributed by atoms with E-state index >= 15 is 0 Å². The molecule has 3 nitrogen and oxygen atoms in total. The first-order valence-corrected chi connectivity index (χ1v) is 6.92. The molecule has 114 valence electrons. The van der Waals surface area contributed by atoms with Crippen LogP contribution in [0.15, 0.2) is 30.5 Å². The maximum absolute atomic E-state index is 12.7. The van der Waals surface area contributed by atoms with Crippen LogP contribution in [-0.2, 0) is 12.7 Å². The second-order valence-electron chi connectivity index (χ2n) is 4.96. The summed E-state index contributed by atoms with van der Waals surface area (Å²) in [6, 6.07) is 5.13. The Morgan fingerprint density at radius 3 is 2.67 bits per heavy atom. The summed E-state index contributed by atoms with van der Waals surface area (Å²) in [5, 5.41) is 0. The first-order valence-electron chi connectivity index (χ1n) is 6.92. The van der Waals surface area contributed by atoms with Gasteiger partial charge in [0, 0.05) is 18.3 Å². The molecule has 0 amide bonds. The Labute approximate surface area is 121 Å². The van der Waals surface area contributed by atoms with E-state index in [1.54, 1.807) is 16.8 Å². The molecule has 1 heterocycles. The van der Waals surface area contributed by atoms with E-state index < -0.39 is 11.7 Å². The molecule has 0 aliphatic rings. The van der Waals surface area contributed by atoms with Crippen LogP contribution >= 0.6 is 0 Å². The number of unbranched alkanes of at least 4 members (excludes halogenated alkanes) is 2. The molecule has 1 aromatic heterocycles. The van der Waals surface area contributed by atoms with Crippen LogP contribution in [0.1, 0.15) is 31.7 Å². The van der Waals surface area contributed by atoms with Crippen LogP contribution in [0, 0.1) is 0 Å². The zero-order valence-electron chi connectivity index (χ0n) is 11.8. The highest BCUT2D eigenvalue weighted by molar-refractivity contribution is 5.61. The van der Waals surface area contributed by atoms with E-state index in [4.69, 9.17) is 5.73 Å². The molecule has 0 spiro atoms. The van der Waals surface area contributed by atoms with E-state index in [9.17, 15) is 13.2 Å². The van der Waals surface area contributed by atoms with E-state index in [-0.39, 0.29) is 0 Å². The van der Waals surface area contributed by atoms with Gasteiger partial charge >= 0.3 is 6.18 Å². The van der Waals surface area contributed by atoms with Gasteiger partial charge in [-0.3, -0.25) is 0 Å². The van der Waals surface area contributed by atoms with Crippen LogP contribution in [0.3, 0.4) is 0 Å². The third-order valence-electron chi connectivity index (χ3n) is 3.30. The Balaban J connectivity index is 2.24. The van der Waals surface area contributed by atoms with Crippen molar-refractivity contribution in [2.75, 3.05) is 5.73 Å². The van der Waals surface area contributed by atoms with Gasteiger partial charge in [0.1, 0.15) is 0 Å². The lowest BCUT2D eigenvalue weighted by Gasteiger charge is -2.07. The number of hydrogen-bond acceptors (Lipinski definition) is 2. The highest BCUT2D eigenvalue weighted by atomic mass is 19.4. The molecule has 0 bridgehead atoms. The molecule has 0 saturated heterocycles. The molecule has 1 aromatic carbocycles. The summed E-state index contributed by atoms with van der Waals surface area (Å²) in [4.78, 5) is 4.16. The quantitative estimate of drug-likeness (QED) is 0.834. The van der Waals surface area contributed by atoms with Crippen molar-refractivity contribution < 1.29 is 13.2 Å². The van der Waals surface area contributed by atoms with E-state index in [0.717, 1.165) is 37.9 Å². The number of rotatable bonds is 5. The lowest BCUT2D eigenvalue weighted by molar-refractivity contribution is -0.137. The lowest BCUT2D eigenvalue weighted by Crippen LogP contribution is -2.04. The van der Waals surface area contributed by atoms with Crippen molar-refractivity contribution in [3.05, 3.63) is 36.0 Å². The van der Waals surface area contributed by atoms with Crippen molar-refractivity contribution >= 4 is 5.95 Å². The van der Waals surface area contributed by atoms with Crippen LogP contribution in [0.25, 0.3) is 11.3 Å². The summed E-state index contributed by atoms with van der Waals surface area (Å²) in [6.45, 7) is 2.83. The van der Waals surface area contributed by atoms with Gasteiger partial charge in [-0.15, -0.1) is 0 Å². The molecular formula is C15H18F3N3. The number of nitrogen functional groups attached to an aromatic ring is 1. The van der Waals surface area contributed by atoms with E-state index in [1.807, 2.05) is 0 Å². The predicted octanol–water partition coefficient (Wildman–Crippen LogP) is 4.34. The van der Waals surface area contributed by atoms with Gasteiger partial charge in [0.15, 0.2) is 0 Å². The summed E-state index contributed by atoms with van der Waals surface area (Å²) < 4.78 is 40.0. The largest absolute Gasteiger partial charge is 0.416 e. The number of aromatic nitrogens is 2. The van der Waals surface area contributed by atoms with Gasteiger partial charge in [0.05, 0.1) is 11.3 Å². The normalized spacial score (nSPS) is 11.8. The number of alkyl halides is 3. The van der Waals surface area contributed by atoms with Gasteiger partial charge < -0.3 is 10.3 Å². The fourth-order valence-electron chi connectivity index (χ4n) is 2.14. The zero-order valence-corrected chi connectivity index (χ0v) is 11.8. The van der Waals surface area contributed by atoms with Crippen molar-refractivity contribution in [2.45, 2.75) is 38.9 Å². The Kier molecular flexibility index (Phi) is 4.55. The minimum Gasteiger partial charge on any atom is -0.369 e. The first kappa shape index (κ1) is 15.4. The number of halogens is 3. The van der Waals surface area contributed by atoms with Crippen molar-refractivity contribution in [2.24, 2.45) is 0 Å². The number of nitrogens with two attached hydrogens (primary N) is 1. The molecule has 0 radical (unpaired) electrons. The average Bonchev–Trinajstić information content (AvgIpc) is 2.80. The van der Waals surface area contributed by atoms with E-state index in [0.29, 0.717) is 17.2 Å². The molecule has 0 atom stereocenters. The van der Waals surface area contributed by atoms with Gasteiger partial charge in [-0.25, -0.2) is 4.98 Å². The van der Waals surface area contributed by atoms with Crippen molar-refractivity contribution in [1.82, 2.24) is 9.55 Å². The number of aryl methyl sites for hydroxylation is 1. The Morgan fingerprint density at radius 1 is 1.24 bits per heavy atom. The Bertz CT molecular complexity index is 602. The smallest absolute Gasteiger partial charge is 0.369 e. The topological polar surface area (TPSA) is 43.8 Å². The predicted molar refractivity (Wildman–Crippen MR) is 76.6 cm³/mol. The molecule has 0 unspecified atom stereocenters. The third kappa shape index (κ3) is 3.77. The van der Waals surface area contributed by atoms with Crippen LogP contribution in [0.2, 0.25) is 0 Å². The monoisotopic (exact) mass is 297 g/mol. The molecule has 2 rings (SSSR count).